The molecular formula is C29H27ClF4N8O2. The third kappa shape index (κ3) is 5.66. The minimum atomic E-state index is -4.71. The normalized spacial score (nSPS) is 15.5. The van der Waals surface area contributed by atoms with E-state index in [2.05, 4.69) is 30.5 Å². The van der Waals surface area contributed by atoms with E-state index < -0.39 is 30.0 Å². The summed E-state index contributed by atoms with van der Waals surface area (Å²) < 4.78 is 69.7. The van der Waals surface area contributed by atoms with E-state index in [0.717, 1.165) is 23.5 Å². The van der Waals surface area contributed by atoms with Crippen LogP contribution in [0.5, 0.6) is 11.6 Å². The number of tetrazole rings is 1. The highest BCUT2D eigenvalue weighted by Crippen LogP contribution is 2.40. The Kier molecular flexibility index (Phi) is 7.88. The van der Waals surface area contributed by atoms with Crippen LogP contribution in [-0.2, 0) is 32.8 Å². The van der Waals surface area contributed by atoms with Crippen molar-refractivity contribution in [3.05, 3.63) is 75.4 Å². The third-order valence-electron chi connectivity index (χ3n) is 7.69. The summed E-state index contributed by atoms with van der Waals surface area (Å²) in [5.41, 5.74) is 2.19. The Morgan fingerprint density at radius 3 is 2.64 bits per heavy atom. The van der Waals surface area contributed by atoms with Crippen molar-refractivity contribution in [3.8, 4) is 23.0 Å². The zero-order valence-electron chi connectivity index (χ0n) is 23.9. The second-order valence-electron chi connectivity index (χ2n) is 10.4. The first kappa shape index (κ1) is 29.8. The lowest BCUT2D eigenvalue weighted by Crippen LogP contribution is -2.35. The number of H-pyrrole nitrogens is 1. The molecule has 10 nitrogen and oxygen atoms in total. The quantitative estimate of drug-likeness (QED) is 0.206. The highest BCUT2D eigenvalue weighted by molar-refractivity contribution is 6.30. The van der Waals surface area contributed by atoms with Gasteiger partial charge in [0, 0.05) is 29.7 Å². The minimum absolute atomic E-state index is 0.0625. The first-order valence-corrected chi connectivity index (χ1v) is 14.2. The molecule has 1 N–H and O–H groups in total. The molecule has 15 heteroatoms. The molecule has 6 rings (SSSR count). The van der Waals surface area contributed by atoms with Crippen LogP contribution < -0.4 is 9.47 Å². The van der Waals surface area contributed by atoms with E-state index in [9.17, 15) is 17.6 Å². The lowest BCUT2D eigenvalue weighted by molar-refractivity contribution is -0.139. The average Bonchev–Trinajstić information content (AvgIpc) is 3.62. The van der Waals surface area contributed by atoms with E-state index in [-0.39, 0.29) is 16.6 Å². The van der Waals surface area contributed by atoms with Gasteiger partial charge in [-0.05, 0) is 61.4 Å². The van der Waals surface area contributed by atoms with Crippen molar-refractivity contribution >= 4 is 22.6 Å². The fourth-order valence-electron chi connectivity index (χ4n) is 5.36. The summed E-state index contributed by atoms with van der Waals surface area (Å²) in [6, 6.07) is 8.33. The molecule has 1 atom stereocenters. The molecule has 3 aromatic heterocycles. The molecule has 0 spiro atoms. The number of aromatic nitrogens is 7. The SMILES string of the molecule is CCOc1cc(-c2nn[nH]n2)cc2c1nc(CN1CCc3cc(C(F)(F)F)c(OCc4ccc(Cl)cc4F)nc3[C@@H]1C)n2C. The average molecular weight is 631 g/mol. The molecule has 0 unspecified atom stereocenters. The number of aromatic amines is 1. The Morgan fingerprint density at radius 2 is 1.93 bits per heavy atom. The van der Waals surface area contributed by atoms with Crippen molar-refractivity contribution in [2.45, 2.75) is 45.6 Å². The van der Waals surface area contributed by atoms with Crippen LogP contribution in [0.15, 0.2) is 36.4 Å². The number of halogens is 5. The molecular weight excluding hydrogens is 604 g/mol. The topological polar surface area (TPSA) is 107 Å². The van der Waals surface area contributed by atoms with Crippen molar-refractivity contribution in [1.29, 1.82) is 0 Å². The first-order valence-electron chi connectivity index (χ1n) is 13.8. The predicted octanol–water partition coefficient (Wildman–Crippen LogP) is 6.06. The third-order valence-corrected chi connectivity index (χ3v) is 7.92. The first-order chi connectivity index (χ1) is 21.0. The summed E-state index contributed by atoms with van der Waals surface area (Å²) >= 11 is 5.80. The summed E-state index contributed by atoms with van der Waals surface area (Å²) in [6.07, 6.45) is -4.36. The van der Waals surface area contributed by atoms with Gasteiger partial charge in [0.25, 0.3) is 0 Å². The second-order valence-corrected chi connectivity index (χ2v) is 10.8. The zero-order valence-corrected chi connectivity index (χ0v) is 24.7. The van der Waals surface area contributed by atoms with Crippen molar-refractivity contribution in [3.63, 3.8) is 0 Å². The molecule has 44 heavy (non-hydrogen) atoms. The molecule has 0 saturated carbocycles. The molecule has 0 saturated heterocycles. The molecule has 4 heterocycles. The zero-order chi connectivity index (χ0) is 31.2. The summed E-state index contributed by atoms with van der Waals surface area (Å²) in [4.78, 5) is 11.3. The van der Waals surface area contributed by atoms with E-state index in [1.165, 1.54) is 12.1 Å². The van der Waals surface area contributed by atoms with E-state index in [1.807, 2.05) is 37.6 Å². The van der Waals surface area contributed by atoms with E-state index in [0.29, 0.717) is 60.0 Å². The lowest BCUT2D eigenvalue weighted by atomic mass is 9.97. The standard InChI is InChI=1S/C29H27ClF4N8O2/c1-4-43-23-11-18(27-37-39-40-38-27)10-22-26(23)35-24(41(22)3)13-42-8-7-16-9-20(29(32,33)34)28(36-25(16)15(42)2)44-14-17-5-6-19(30)12-21(17)31/h5-6,9-12,15H,4,7-8,13-14H2,1-3H3,(H,37,38,39,40)/t15-/m0/s1. The van der Waals surface area contributed by atoms with Gasteiger partial charge in [-0.15, -0.1) is 10.2 Å². The molecule has 1 aliphatic heterocycles. The van der Waals surface area contributed by atoms with Gasteiger partial charge in [0.05, 0.1) is 30.4 Å². The van der Waals surface area contributed by atoms with Crippen molar-refractivity contribution in [2.75, 3.05) is 13.2 Å². The fraction of sp³-hybridized carbons (Fsp3) is 0.345. The number of nitrogens with one attached hydrogen (secondary N) is 1. The number of aryl methyl sites for hydroxylation is 1. The maximum Gasteiger partial charge on any atom is 0.421 e. The smallest absolute Gasteiger partial charge is 0.421 e. The highest BCUT2D eigenvalue weighted by Gasteiger charge is 2.38. The number of imidazole rings is 1. The van der Waals surface area contributed by atoms with Crippen LogP contribution in [0.4, 0.5) is 17.6 Å². The number of fused-ring (bicyclic) bond motifs is 2. The molecule has 5 aromatic rings. The maximum absolute atomic E-state index is 14.3. The molecule has 0 radical (unpaired) electrons. The van der Waals surface area contributed by atoms with Gasteiger partial charge in [-0.25, -0.2) is 14.4 Å². The minimum Gasteiger partial charge on any atom is -0.492 e. The Labute approximate surface area is 254 Å². The predicted molar refractivity (Wildman–Crippen MR) is 153 cm³/mol. The van der Waals surface area contributed by atoms with Crippen molar-refractivity contribution < 1.29 is 27.0 Å². The number of rotatable bonds is 8. The summed E-state index contributed by atoms with van der Waals surface area (Å²) in [5, 5.41) is 14.4. The molecule has 0 bridgehead atoms. The number of benzene rings is 2. The van der Waals surface area contributed by atoms with Crippen LogP contribution in [0.25, 0.3) is 22.4 Å². The van der Waals surface area contributed by atoms with Crippen molar-refractivity contribution in [1.82, 2.24) is 40.1 Å². The Bertz CT molecular complexity index is 1830. The largest absolute Gasteiger partial charge is 0.492 e. The summed E-state index contributed by atoms with van der Waals surface area (Å²) in [7, 11) is 1.89. The van der Waals surface area contributed by atoms with E-state index >= 15 is 0 Å². The maximum atomic E-state index is 14.3. The number of hydrogen-bond acceptors (Lipinski definition) is 8. The van der Waals surface area contributed by atoms with Gasteiger partial charge in [0.2, 0.25) is 11.7 Å². The lowest BCUT2D eigenvalue weighted by Gasteiger charge is -2.34. The van der Waals surface area contributed by atoms with Crippen LogP contribution in [0, 0.1) is 5.82 Å². The number of hydrogen-bond donors (Lipinski definition) is 1. The van der Waals surface area contributed by atoms with Gasteiger partial charge < -0.3 is 14.0 Å². The van der Waals surface area contributed by atoms with Crippen LogP contribution in [-0.4, -0.2) is 53.2 Å². The second kappa shape index (κ2) is 11.7. The Morgan fingerprint density at radius 1 is 1.11 bits per heavy atom. The van der Waals surface area contributed by atoms with Crippen LogP contribution in [0.2, 0.25) is 5.02 Å². The fourth-order valence-corrected chi connectivity index (χ4v) is 5.52. The number of nitrogens with zero attached hydrogens (tertiary/aromatic N) is 7. The molecule has 0 aliphatic carbocycles. The molecule has 2 aromatic carbocycles. The molecule has 230 valence electrons. The number of pyridine rings is 1. The van der Waals surface area contributed by atoms with Crippen LogP contribution in [0.3, 0.4) is 0 Å². The monoisotopic (exact) mass is 630 g/mol. The van der Waals surface area contributed by atoms with Gasteiger partial charge in [-0.1, -0.05) is 17.7 Å². The van der Waals surface area contributed by atoms with E-state index in [4.69, 9.17) is 26.1 Å². The van der Waals surface area contributed by atoms with Crippen LogP contribution >= 0.6 is 11.6 Å². The van der Waals surface area contributed by atoms with Crippen molar-refractivity contribution in [2.24, 2.45) is 7.05 Å². The van der Waals surface area contributed by atoms with E-state index in [1.54, 1.807) is 0 Å². The highest BCUT2D eigenvalue weighted by atomic mass is 35.5. The van der Waals surface area contributed by atoms with Gasteiger partial charge in [-0.2, -0.15) is 18.4 Å². The Balaban J connectivity index is 1.31. The summed E-state index contributed by atoms with van der Waals surface area (Å²) in [5.74, 6) is 0.436. The number of alkyl halides is 3. The number of ether oxygens (including phenoxy) is 2. The van der Waals surface area contributed by atoms with Gasteiger partial charge in [0.15, 0.2) is 0 Å². The molecule has 0 fully saturated rings. The molecule has 0 amide bonds. The summed E-state index contributed by atoms with van der Waals surface area (Å²) in [6.45, 7) is 4.62. The van der Waals surface area contributed by atoms with Gasteiger partial charge in [0.1, 0.15) is 35.1 Å². The van der Waals surface area contributed by atoms with Gasteiger partial charge >= 0.3 is 6.18 Å². The Hall–Kier alpha value is -4.30. The van der Waals surface area contributed by atoms with Gasteiger partial charge in [-0.3, -0.25) is 4.90 Å². The molecule has 1 aliphatic rings. The van der Waals surface area contributed by atoms with Crippen LogP contribution in [0.1, 0.15) is 48.1 Å².